The van der Waals surface area contributed by atoms with Gasteiger partial charge in [-0.05, 0) is 29.7 Å². The molecule has 19 heavy (non-hydrogen) atoms. The number of rotatable bonds is 2. The second-order valence-electron chi connectivity index (χ2n) is 5.58. The fourth-order valence-electron chi connectivity index (χ4n) is 3.02. The molecule has 1 N–H and O–H groups in total. The average Bonchev–Trinajstić information content (AvgIpc) is 2.60. The zero-order chi connectivity index (χ0) is 13.6. The van der Waals surface area contributed by atoms with Crippen molar-refractivity contribution in [2.45, 2.75) is 26.2 Å². The number of aryl methyl sites for hydroxylation is 1. The Morgan fingerprint density at radius 1 is 1.11 bits per heavy atom. The SMILES string of the molecule is Cc1ccc2c(c1)C(C)(C)c1cccc(O[B]O)c1-2. The van der Waals surface area contributed by atoms with Gasteiger partial charge in [0.25, 0.3) is 0 Å². The lowest BCUT2D eigenvalue weighted by atomic mass is 9.82. The predicted octanol–water partition coefficient (Wildman–Crippen LogP) is 3.21. The molecule has 1 radical (unpaired) electrons. The lowest BCUT2D eigenvalue weighted by molar-refractivity contribution is 0.454. The van der Waals surface area contributed by atoms with E-state index in [0.29, 0.717) is 5.75 Å². The predicted molar refractivity (Wildman–Crippen MR) is 77.3 cm³/mol. The molecule has 3 rings (SSSR count). The first-order valence-electron chi connectivity index (χ1n) is 6.43. The van der Waals surface area contributed by atoms with Crippen molar-refractivity contribution in [3.05, 3.63) is 53.1 Å². The van der Waals surface area contributed by atoms with Gasteiger partial charge in [-0.2, -0.15) is 0 Å². The molecular formula is C16H16BO2. The van der Waals surface area contributed by atoms with E-state index in [2.05, 4.69) is 45.0 Å². The topological polar surface area (TPSA) is 29.5 Å². The molecule has 0 spiro atoms. The van der Waals surface area contributed by atoms with Crippen molar-refractivity contribution in [2.75, 3.05) is 0 Å². The summed E-state index contributed by atoms with van der Waals surface area (Å²) >= 11 is 0. The molecule has 0 unspecified atom stereocenters. The molecule has 0 bridgehead atoms. The van der Waals surface area contributed by atoms with Crippen LogP contribution in [0.3, 0.4) is 0 Å². The Bertz CT molecular complexity index is 647. The Morgan fingerprint density at radius 3 is 2.63 bits per heavy atom. The van der Waals surface area contributed by atoms with Crippen molar-refractivity contribution in [3.8, 4) is 16.9 Å². The molecule has 0 aliphatic heterocycles. The Morgan fingerprint density at radius 2 is 1.89 bits per heavy atom. The standard InChI is InChI=1S/C16H16BO2/c1-10-7-8-11-13(9-10)16(2,3)12-5-4-6-14(15(11)12)19-17-18/h4-9,18H,1-3H3. The minimum atomic E-state index is -0.0362. The summed E-state index contributed by atoms with van der Waals surface area (Å²) in [6.45, 7) is 6.56. The van der Waals surface area contributed by atoms with Gasteiger partial charge in [-0.1, -0.05) is 49.7 Å². The summed E-state index contributed by atoms with van der Waals surface area (Å²) < 4.78 is 5.26. The minimum absolute atomic E-state index is 0.0362. The Labute approximate surface area is 114 Å². The maximum atomic E-state index is 8.93. The summed E-state index contributed by atoms with van der Waals surface area (Å²) in [5.74, 6) is 0.704. The van der Waals surface area contributed by atoms with Crippen LogP contribution in [-0.2, 0) is 5.41 Å². The third kappa shape index (κ3) is 1.69. The summed E-state index contributed by atoms with van der Waals surface area (Å²) in [7, 11) is 0.745. The highest BCUT2D eigenvalue weighted by Gasteiger charge is 2.37. The molecule has 0 heterocycles. The number of hydrogen-bond acceptors (Lipinski definition) is 2. The first-order chi connectivity index (χ1) is 9.05. The van der Waals surface area contributed by atoms with E-state index in [1.54, 1.807) is 0 Å². The van der Waals surface area contributed by atoms with Crippen molar-refractivity contribution in [2.24, 2.45) is 0 Å². The molecule has 0 aromatic heterocycles. The normalized spacial score (nSPS) is 14.7. The first-order valence-corrected chi connectivity index (χ1v) is 6.43. The Kier molecular flexibility index (Phi) is 2.68. The van der Waals surface area contributed by atoms with Crippen LogP contribution in [0.5, 0.6) is 5.75 Å². The number of fused-ring (bicyclic) bond motifs is 3. The summed E-state index contributed by atoms with van der Waals surface area (Å²) in [5, 5.41) is 8.93. The van der Waals surface area contributed by atoms with Gasteiger partial charge < -0.3 is 9.68 Å². The summed E-state index contributed by atoms with van der Waals surface area (Å²) in [5.41, 5.74) is 6.07. The van der Waals surface area contributed by atoms with E-state index in [4.69, 9.17) is 9.68 Å². The summed E-state index contributed by atoms with van der Waals surface area (Å²) in [6, 6.07) is 12.5. The monoisotopic (exact) mass is 251 g/mol. The van der Waals surface area contributed by atoms with Gasteiger partial charge in [0.1, 0.15) is 5.75 Å². The molecule has 1 aliphatic rings. The van der Waals surface area contributed by atoms with E-state index < -0.39 is 0 Å². The second-order valence-corrected chi connectivity index (χ2v) is 5.58. The fourth-order valence-corrected chi connectivity index (χ4v) is 3.02. The van der Waals surface area contributed by atoms with Gasteiger partial charge in [0, 0.05) is 11.0 Å². The van der Waals surface area contributed by atoms with Gasteiger partial charge in [-0.15, -0.1) is 0 Å². The van der Waals surface area contributed by atoms with E-state index >= 15 is 0 Å². The lowest BCUT2D eigenvalue weighted by Gasteiger charge is -2.21. The first kappa shape index (κ1) is 12.3. The van der Waals surface area contributed by atoms with E-state index in [1.165, 1.54) is 22.3 Å². The molecule has 2 aromatic carbocycles. The van der Waals surface area contributed by atoms with E-state index in [9.17, 15) is 0 Å². The summed E-state index contributed by atoms with van der Waals surface area (Å²) in [6.07, 6.45) is 0. The van der Waals surface area contributed by atoms with Crippen LogP contribution in [0, 0.1) is 6.92 Å². The van der Waals surface area contributed by atoms with E-state index in [0.717, 1.165) is 13.2 Å². The summed E-state index contributed by atoms with van der Waals surface area (Å²) in [4.78, 5) is 0. The van der Waals surface area contributed by atoms with Gasteiger partial charge in [0.15, 0.2) is 0 Å². The van der Waals surface area contributed by atoms with Gasteiger partial charge in [0.2, 0.25) is 0 Å². The Hall–Kier alpha value is -1.74. The zero-order valence-corrected chi connectivity index (χ0v) is 11.4. The molecule has 2 nitrogen and oxygen atoms in total. The van der Waals surface area contributed by atoms with Crippen LogP contribution in [0.15, 0.2) is 36.4 Å². The van der Waals surface area contributed by atoms with Crippen molar-refractivity contribution < 1.29 is 9.68 Å². The highest BCUT2D eigenvalue weighted by atomic mass is 16.5. The minimum Gasteiger partial charge on any atom is -0.537 e. The van der Waals surface area contributed by atoms with Gasteiger partial charge in [-0.25, -0.2) is 0 Å². The molecule has 95 valence electrons. The van der Waals surface area contributed by atoms with Gasteiger partial charge >= 0.3 is 7.69 Å². The molecule has 0 atom stereocenters. The number of hydrogen-bond donors (Lipinski definition) is 1. The van der Waals surface area contributed by atoms with Crippen molar-refractivity contribution >= 4 is 7.69 Å². The van der Waals surface area contributed by atoms with E-state index in [-0.39, 0.29) is 5.41 Å². The smallest absolute Gasteiger partial charge is 0.537 e. The molecule has 3 heteroatoms. The maximum absolute atomic E-state index is 8.93. The van der Waals surface area contributed by atoms with Crippen molar-refractivity contribution in [1.82, 2.24) is 0 Å². The fraction of sp³-hybridized carbons (Fsp3) is 0.250. The Balaban J connectivity index is 2.32. The molecule has 2 aromatic rings. The third-order valence-electron chi connectivity index (χ3n) is 4.00. The van der Waals surface area contributed by atoms with Crippen LogP contribution in [0.25, 0.3) is 11.1 Å². The van der Waals surface area contributed by atoms with Gasteiger partial charge in [-0.3, -0.25) is 0 Å². The van der Waals surface area contributed by atoms with Crippen LogP contribution in [0.1, 0.15) is 30.5 Å². The molecule has 0 saturated heterocycles. The zero-order valence-electron chi connectivity index (χ0n) is 11.4. The van der Waals surface area contributed by atoms with E-state index in [1.807, 2.05) is 12.1 Å². The van der Waals surface area contributed by atoms with Crippen molar-refractivity contribution in [1.29, 1.82) is 0 Å². The number of benzene rings is 2. The molecule has 0 saturated carbocycles. The molecule has 1 aliphatic carbocycles. The second kappa shape index (κ2) is 4.14. The molecular weight excluding hydrogens is 235 g/mol. The van der Waals surface area contributed by atoms with Crippen LogP contribution in [0.4, 0.5) is 0 Å². The van der Waals surface area contributed by atoms with Crippen LogP contribution >= 0.6 is 0 Å². The highest BCUT2D eigenvalue weighted by molar-refractivity contribution is 6.17. The largest absolute Gasteiger partial charge is 0.569 e. The maximum Gasteiger partial charge on any atom is 0.569 e. The van der Waals surface area contributed by atoms with Crippen LogP contribution < -0.4 is 4.65 Å². The molecule has 0 amide bonds. The molecule has 0 fully saturated rings. The third-order valence-corrected chi connectivity index (χ3v) is 4.00. The van der Waals surface area contributed by atoms with Crippen molar-refractivity contribution in [3.63, 3.8) is 0 Å². The van der Waals surface area contributed by atoms with Crippen LogP contribution in [-0.4, -0.2) is 12.7 Å². The van der Waals surface area contributed by atoms with Crippen LogP contribution in [0.2, 0.25) is 0 Å². The lowest BCUT2D eigenvalue weighted by Crippen LogP contribution is -2.15. The van der Waals surface area contributed by atoms with Gasteiger partial charge in [0.05, 0.1) is 0 Å². The average molecular weight is 251 g/mol. The quantitative estimate of drug-likeness (QED) is 0.830. The highest BCUT2D eigenvalue weighted by Crippen LogP contribution is 2.52.